The molecule has 25 heavy (non-hydrogen) atoms. The molecule has 1 fully saturated rings. The van der Waals surface area contributed by atoms with E-state index >= 15 is 0 Å². The minimum Gasteiger partial charge on any atom is -0.338 e. The quantitative estimate of drug-likeness (QED) is 0.816. The Kier molecular flexibility index (Phi) is 5.23. The lowest BCUT2D eigenvalue weighted by molar-refractivity contribution is -0.136. The standard InChI is InChI=1S/C20H24N2O2S/c1-4-15-7-9-17(10-8-15)22-13-16(12-19(22)23)20(24)21(3)14(2)18-6-5-11-25-18/h5-11,14,16H,4,12-13H2,1-3H3. The van der Waals surface area contributed by atoms with Gasteiger partial charge in [0.25, 0.3) is 0 Å². The zero-order chi connectivity index (χ0) is 18.0. The first-order chi connectivity index (χ1) is 12.0. The van der Waals surface area contributed by atoms with E-state index in [1.165, 1.54) is 5.56 Å². The average Bonchev–Trinajstić information content (AvgIpc) is 3.30. The number of hydrogen-bond acceptors (Lipinski definition) is 3. The monoisotopic (exact) mass is 356 g/mol. The van der Waals surface area contributed by atoms with Gasteiger partial charge in [-0.3, -0.25) is 9.59 Å². The highest BCUT2D eigenvalue weighted by molar-refractivity contribution is 7.10. The van der Waals surface area contributed by atoms with Crippen LogP contribution in [0.15, 0.2) is 41.8 Å². The van der Waals surface area contributed by atoms with E-state index in [-0.39, 0.29) is 30.2 Å². The number of nitrogens with zero attached hydrogens (tertiary/aromatic N) is 2. The Balaban J connectivity index is 1.69. The lowest BCUT2D eigenvalue weighted by Gasteiger charge is -2.27. The molecule has 2 unspecified atom stereocenters. The molecule has 1 saturated heterocycles. The first kappa shape index (κ1) is 17.7. The number of amides is 2. The van der Waals surface area contributed by atoms with Crippen LogP contribution in [0.5, 0.6) is 0 Å². The highest BCUT2D eigenvalue weighted by Crippen LogP contribution is 2.30. The van der Waals surface area contributed by atoms with Crippen molar-refractivity contribution >= 4 is 28.8 Å². The van der Waals surface area contributed by atoms with Gasteiger partial charge in [0.15, 0.2) is 0 Å². The summed E-state index contributed by atoms with van der Waals surface area (Å²) in [6.45, 7) is 4.60. The average molecular weight is 356 g/mol. The Morgan fingerprint density at radius 3 is 2.64 bits per heavy atom. The van der Waals surface area contributed by atoms with Crippen molar-refractivity contribution in [3.8, 4) is 0 Å². The third-order valence-electron chi connectivity index (χ3n) is 5.01. The summed E-state index contributed by atoms with van der Waals surface area (Å²) in [5.41, 5.74) is 2.12. The molecule has 0 bridgehead atoms. The molecule has 0 spiro atoms. The Morgan fingerprint density at radius 2 is 2.04 bits per heavy atom. The number of carbonyl (C=O) groups excluding carboxylic acids is 2. The van der Waals surface area contributed by atoms with Gasteiger partial charge in [0, 0.05) is 30.6 Å². The van der Waals surface area contributed by atoms with Crippen LogP contribution in [0.3, 0.4) is 0 Å². The summed E-state index contributed by atoms with van der Waals surface area (Å²) >= 11 is 1.65. The van der Waals surface area contributed by atoms with E-state index in [1.54, 1.807) is 21.1 Å². The van der Waals surface area contributed by atoms with E-state index in [9.17, 15) is 9.59 Å². The maximum Gasteiger partial charge on any atom is 0.228 e. The van der Waals surface area contributed by atoms with Crippen molar-refractivity contribution in [3.63, 3.8) is 0 Å². The number of carbonyl (C=O) groups is 2. The number of rotatable bonds is 5. The maximum absolute atomic E-state index is 12.9. The number of benzene rings is 1. The topological polar surface area (TPSA) is 40.6 Å². The second kappa shape index (κ2) is 7.40. The summed E-state index contributed by atoms with van der Waals surface area (Å²) < 4.78 is 0. The molecule has 1 aromatic carbocycles. The van der Waals surface area contributed by atoms with E-state index in [4.69, 9.17) is 0 Å². The fraction of sp³-hybridized carbons (Fsp3) is 0.400. The molecular weight excluding hydrogens is 332 g/mol. The largest absolute Gasteiger partial charge is 0.338 e. The minimum atomic E-state index is -0.272. The predicted molar refractivity (Wildman–Crippen MR) is 102 cm³/mol. The Hall–Kier alpha value is -2.14. The summed E-state index contributed by atoms with van der Waals surface area (Å²) in [5, 5.41) is 2.02. The maximum atomic E-state index is 12.9. The fourth-order valence-electron chi connectivity index (χ4n) is 3.23. The number of anilines is 1. The molecule has 2 heterocycles. The molecule has 1 aliphatic heterocycles. The third kappa shape index (κ3) is 3.61. The molecule has 2 aromatic rings. The van der Waals surface area contributed by atoms with Gasteiger partial charge in [-0.1, -0.05) is 25.1 Å². The fourth-order valence-corrected chi connectivity index (χ4v) is 4.06. The van der Waals surface area contributed by atoms with Crippen LogP contribution in [0.1, 0.15) is 36.8 Å². The molecule has 2 atom stereocenters. The molecule has 0 saturated carbocycles. The van der Waals surface area contributed by atoms with Crippen LogP contribution < -0.4 is 4.90 Å². The van der Waals surface area contributed by atoms with E-state index < -0.39 is 0 Å². The molecule has 4 nitrogen and oxygen atoms in total. The van der Waals surface area contributed by atoms with E-state index in [1.807, 2.05) is 55.7 Å². The lowest BCUT2D eigenvalue weighted by atomic mass is 10.1. The Labute approximate surface area is 153 Å². The Bertz CT molecular complexity index is 740. The molecule has 2 amide bonds. The van der Waals surface area contributed by atoms with Crippen LogP contribution in [-0.2, 0) is 16.0 Å². The van der Waals surface area contributed by atoms with E-state index in [2.05, 4.69) is 6.92 Å². The van der Waals surface area contributed by atoms with Gasteiger partial charge in [0.2, 0.25) is 11.8 Å². The highest BCUT2D eigenvalue weighted by atomic mass is 32.1. The van der Waals surface area contributed by atoms with Gasteiger partial charge in [-0.2, -0.15) is 0 Å². The summed E-state index contributed by atoms with van der Waals surface area (Å²) in [4.78, 5) is 30.0. The molecule has 0 aliphatic carbocycles. The third-order valence-corrected chi connectivity index (χ3v) is 6.06. The van der Waals surface area contributed by atoms with Crippen molar-refractivity contribution < 1.29 is 9.59 Å². The van der Waals surface area contributed by atoms with Crippen molar-refractivity contribution in [1.82, 2.24) is 4.90 Å². The van der Waals surface area contributed by atoms with Crippen molar-refractivity contribution in [3.05, 3.63) is 52.2 Å². The normalized spacial score (nSPS) is 18.4. The van der Waals surface area contributed by atoms with Gasteiger partial charge in [-0.05, 0) is 42.5 Å². The number of aryl methyl sites for hydroxylation is 1. The summed E-state index contributed by atoms with van der Waals surface area (Å²) in [5.74, 6) is -0.201. The van der Waals surface area contributed by atoms with Gasteiger partial charge in [-0.25, -0.2) is 0 Å². The predicted octanol–water partition coefficient (Wildman–Crippen LogP) is 3.88. The van der Waals surface area contributed by atoms with Crippen LogP contribution in [0.4, 0.5) is 5.69 Å². The first-order valence-electron chi connectivity index (χ1n) is 8.70. The molecule has 0 N–H and O–H groups in total. The second-order valence-corrected chi connectivity index (χ2v) is 7.55. The first-order valence-corrected chi connectivity index (χ1v) is 9.58. The van der Waals surface area contributed by atoms with Crippen LogP contribution in [0.2, 0.25) is 0 Å². The van der Waals surface area contributed by atoms with Gasteiger partial charge in [-0.15, -0.1) is 11.3 Å². The molecule has 5 heteroatoms. The lowest BCUT2D eigenvalue weighted by Crippen LogP contribution is -2.36. The van der Waals surface area contributed by atoms with Crippen LogP contribution >= 0.6 is 11.3 Å². The van der Waals surface area contributed by atoms with Gasteiger partial charge < -0.3 is 9.80 Å². The summed E-state index contributed by atoms with van der Waals surface area (Å²) in [6.07, 6.45) is 1.26. The summed E-state index contributed by atoms with van der Waals surface area (Å²) in [6, 6.07) is 12.1. The van der Waals surface area contributed by atoms with Gasteiger partial charge >= 0.3 is 0 Å². The van der Waals surface area contributed by atoms with Gasteiger partial charge in [0.05, 0.1) is 12.0 Å². The van der Waals surface area contributed by atoms with E-state index in [0.717, 1.165) is 17.0 Å². The molecule has 3 rings (SSSR count). The smallest absolute Gasteiger partial charge is 0.228 e. The van der Waals surface area contributed by atoms with Gasteiger partial charge in [0.1, 0.15) is 0 Å². The second-order valence-electron chi connectivity index (χ2n) is 6.57. The molecular formula is C20H24N2O2S. The summed E-state index contributed by atoms with van der Waals surface area (Å²) in [7, 11) is 1.83. The van der Waals surface area contributed by atoms with Crippen molar-refractivity contribution in [2.45, 2.75) is 32.7 Å². The minimum absolute atomic E-state index is 0.0276. The highest BCUT2D eigenvalue weighted by Gasteiger charge is 2.37. The number of thiophene rings is 1. The van der Waals surface area contributed by atoms with Crippen LogP contribution in [0.25, 0.3) is 0 Å². The Morgan fingerprint density at radius 1 is 1.32 bits per heavy atom. The zero-order valence-electron chi connectivity index (χ0n) is 14.9. The van der Waals surface area contributed by atoms with Crippen molar-refractivity contribution in [1.29, 1.82) is 0 Å². The van der Waals surface area contributed by atoms with Crippen molar-refractivity contribution in [2.24, 2.45) is 5.92 Å². The molecule has 1 aliphatic rings. The van der Waals surface area contributed by atoms with E-state index in [0.29, 0.717) is 6.54 Å². The van der Waals surface area contributed by atoms with Crippen LogP contribution in [0, 0.1) is 5.92 Å². The SMILES string of the molecule is CCc1ccc(N2CC(C(=O)N(C)C(C)c3cccs3)CC2=O)cc1. The molecule has 1 aromatic heterocycles. The van der Waals surface area contributed by atoms with Crippen LogP contribution in [-0.4, -0.2) is 30.3 Å². The number of hydrogen-bond donors (Lipinski definition) is 0. The molecule has 0 radical (unpaired) electrons. The molecule has 132 valence electrons. The van der Waals surface area contributed by atoms with Crippen molar-refractivity contribution in [2.75, 3.05) is 18.5 Å². The zero-order valence-corrected chi connectivity index (χ0v) is 15.8.